The molecule has 0 bridgehead atoms. The molecule has 0 aliphatic heterocycles. The highest BCUT2D eigenvalue weighted by atomic mass is 32.1. The number of rotatable bonds is 2. The van der Waals surface area contributed by atoms with E-state index in [1.54, 1.807) is 13.0 Å². The zero-order chi connectivity index (χ0) is 8.43. The van der Waals surface area contributed by atoms with E-state index in [4.69, 9.17) is 10.5 Å². The van der Waals surface area contributed by atoms with E-state index in [1.165, 1.54) is 6.07 Å². The number of carboxylic acids is 1. The van der Waals surface area contributed by atoms with Gasteiger partial charge in [0.05, 0.1) is 0 Å². The fourth-order valence-electron chi connectivity index (χ4n) is 0.654. The molecule has 0 saturated carbocycles. The van der Waals surface area contributed by atoms with Crippen LogP contribution in [0.2, 0.25) is 0 Å². The highest BCUT2D eigenvalue weighted by Crippen LogP contribution is 2.16. The number of thiophene rings is 1. The van der Waals surface area contributed by atoms with Crippen molar-refractivity contribution in [3.8, 4) is 0 Å². The average molecular weight is 169 g/mol. The van der Waals surface area contributed by atoms with Crippen LogP contribution in [0.4, 0.5) is 0 Å². The lowest BCUT2D eigenvalue weighted by Crippen LogP contribution is -1.90. The molecule has 0 fully saturated rings. The van der Waals surface area contributed by atoms with Crippen molar-refractivity contribution in [3.05, 3.63) is 21.9 Å². The van der Waals surface area contributed by atoms with E-state index < -0.39 is 5.97 Å². The average Bonchev–Trinajstić information content (AvgIpc) is 2.33. The summed E-state index contributed by atoms with van der Waals surface area (Å²) in [6.45, 7) is 1.64. The minimum Gasteiger partial charge on any atom is -0.477 e. The predicted molar refractivity (Wildman–Crippen MR) is 43.8 cm³/mol. The van der Waals surface area contributed by atoms with Crippen molar-refractivity contribution in [3.63, 3.8) is 0 Å². The highest BCUT2D eigenvalue weighted by molar-refractivity contribution is 7.15. The van der Waals surface area contributed by atoms with E-state index in [0.29, 0.717) is 10.6 Å². The zero-order valence-corrected chi connectivity index (χ0v) is 6.73. The van der Waals surface area contributed by atoms with Gasteiger partial charge in [0, 0.05) is 10.6 Å². The van der Waals surface area contributed by atoms with E-state index in [1.807, 2.05) is 0 Å². The van der Waals surface area contributed by atoms with E-state index in [-0.39, 0.29) is 4.88 Å². The lowest BCUT2D eigenvalue weighted by Gasteiger charge is -1.86. The minimum absolute atomic E-state index is 0.284. The molecule has 0 aromatic carbocycles. The van der Waals surface area contributed by atoms with Crippen LogP contribution in [0, 0.1) is 5.41 Å². The molecule has 0 unspecified atom stereocenters. The standard InChI is InChI=1S/C7H7NO2S/c1-4(8)5-2-3-6(11-5)7(9)10/h2-3,8H,1H3,(H,9,10). The Kier molecular flexibility index (Phi) is 2.05. The van der Waals surface area contributed by atoms with E-state index in [2.05, 4.69) is 0 Å². The lowest BCUT2D eigenvalue weighted by molar-refractivity contribution is 0.0702. The van der Waals surface area contributed by atoms with Crippen LogP contribution in [-0.2, 0) is 0 Å². The Labute approximate surface area is 67.8 Å². The van der Waals surface area contributed by atoms with Gasteiger partial charge in [-0.1, -0.05) is 0 Å². The van der Waals surface area contributed by atoms with Crippen molar-refractivity contribution in [1.29, 1.82) is 5.41 Å². The molecule has 58 valence electrons. The van der Waals surface area contributed by atoms with E-state index in [0.717, 1.165) is 11.3 Å². The van der Waals surface area contributed by atoms with Crippen molar-refractivity contribution in [2.24, 2.45) is 0 Å². The minimum atomic E-state index is -0.928. The Bertz CT molecular complexity index is 275. The van der Waals surface area contributed by atoms with Gasteiger partial charge < -0.3 is 10.5 Å². The van der Waals surface area contributed by atoms with Gasteiger partial charge >= 0.3 is 5.97 Å². The summed E-state index contributed by atoms with van der Waals surface area (Å²) in [6.07, 6.45) is 0. The summed E-state index contributed by atoms with van der Waals surface area (Å²) in [4.78, 5) is 11.4. The Morgan fingerprint density at radius 3 is 2.36 bits per heavy atom. The molecule has 0 spiro atoms. The molecular formula is C7H7NO2S. The zero-order valence-electron chi connectivity index (χ0n) is 5.92. The SMILES string of the molecule is CC(=N)c1ccc(C(=O)O)s1. The van der Waals surface area contributed by atoms with Gasteiger partial charge in [0.2, 0.25) is 0 Å². The number of hydrogen-bond acceptors (Lipinski definition) is 3. The van der Waals surface area contributed by atoms with Crippen LogP contribution in [0.5, 0.6) is 0 Å². The fourth-order valence-corrected chi connectivity index (χ4v) is 1.40. The molecule has 3 nitrogen and oxygen atoms in total. The van der Waals surface area contributed by atoms with Crippen LogP contribution in [-0.4, -0.2) is 16.8 Å². The third-order valence-electron chi connectivity index (χ3n) is 1.19. The monoisotopic (exact) mass is 169 g/mol. The molecule has 1 rings (SSSR count). The first-order valence-electron chi connectivity index (χ1n) is 3.00. The van der Waals surface area contributed by atoms with Gasteiger partial charge in [0.25, 0.3) is 0 Å². The second kappa shape index (κ2) is 2.84. The van der Waals surface area contributed by atoms with Gasteiger partial charge in [-0.3, -0.25) is 0 Å². The molecule has 0 amide bonds. The van der Waals surface area contributed by atoms with E-state index >= 15 is 0 Å². The molecule has 0 atom stereocenters. The van der Waals surface area contributed by atoms with Gasteiger partial charge in [-0.05, 0) is 19.1 Å². The normalized spacial score (nSPS) is 9.55. The maximum atomic E-state index is 10.4. The molecule has 11 heavy (non-hydrogen) atoms. The Morgan fingerprint density at radius 2 is 2.09 bits per heavy atom. The Morgan fingerprint density at radius 1 is 1.55 bits per heavy atom. The predicted octanol–water partition coefficient (Wildman–Crippen LogP) is 1.83. The number of carbonyl (C=O) groups is 1. The molecule has 0 saturated heterocycles. The first-order chi connectivity index (χ1) is 5.11. The topological polar surface area (TPSA) is 61.2 Å². The second-order valence-corrected chi connectivity index (χ2v) is 3.18. The summed E-state index contributed by atoms with van der Waals surface area (Å²) in [5, 5.41) is 15.7. The number of aromatic carboxylic acids is 1. The third kappa shape index (κ3) is 1.65. The first kappa shape index (κ1) is 7.94. The van der Waals surface area contributed by atoms with E-state index in [9.17, 15) is 4.79 Å². The van der Waals surface area contributed by atoms with Gasteiger partial charge in [0.15, 0.2) is 0 Å². The lowest BCUT2D eigenvalue weighted by atomic mass is 10.3. The van der Waals surface area contributed by atoms with Crippen molar-refractivity contribution in [1.82, 2.24) is 0 Å². The van der Waals surface area contributed by atoms with Crippen molar-refractivity contribution in [2.75, 3.05) is 0 Å². The van der Waals surface area contributed by atoms with Gasteiger partial charge in [-0.15, -0.1) is 11.3 Å². The summed E-state index contributed by atoms with van der Waals surface area (Å²) < 4.78 is 0. The molecule has 0 aliphatic carbocycles. The maximum Gasteiger partial charge on any atom is 0.345 e. The quantitative estimate of drug-likeness (QED) is 0.663. The number of hydrogen-bond donors (Lipinski definition) is 2. The summed E-state index contributed by atoms with van der Waals surface area (Å²) in [5.74, 6) is -0.928. The van der Waals surface area contributed by atoms with Crippen molar-refractivity contribution in [2.45, 2.75) is 6.92 Å². The van der Waals surface area contributed by atoms with Gasteiger partial charge in [-0.25, -0.2) is 4.79 Å². The summed E-state index contributed by atoms with van der Waals surface area (Å²) in [7, 11) is 0. The molecule has 0 radical (unpaired) electrons. The summed E-state index contributed by atoms with van der Waals surface area (Å²) >= 11 is 1.12. The second-order valence-electron chi connectivity index (χ2n) is 2.09. The number of nitrogens with one attached hydrogen (secondary N) is 1. The molecule has 1 aromatic rings. The Hall–Kier alpha value is -1.16. The molecule has 0 aliphatic rings. The maximum absolute atomic E-state index is 10.4. The van der Waals surface area contributed by atoms with Crippen LogP contribution < -0.4 is 0 Å². The molecule has 4 heteroatoms. The smallest absolute Gasteiger partial charge is 0.345 e. The fraction of sp³-hybridized carbons (Fsp3) is 0.143. The van der Waals surface area contributed by atoms with Crippen LogP contribution in [0.1, 0.15) is 21.5 Å². The molecular weight excluding hydrogens is 162 g/mol. The largest absolute Gasteiger partial charge is 0.477 e. The molecule has 2 N–H and O–H groups in total. The van der Waals surface area contributed by atoms with Crippen LogP contribution in [0.15, 0.2) is 12.1 Å². The van der Waals surface area contributed by atoms with Crippen molar-refractivity contribution >= 4 is 23.0 Å². The molecule has 1 heterocycles. The van der Waals surface area contributed by atoms with Crippen LogP contribution >= 0.6 is 11.3 Å². The van der Waals surface area contributed by atoms with Gasteiger partial charge in [0.1, 0.15) is 4.88 Å². The summed E-state index contributed by atoms with van der Waals surface area (Å²) in [6, 6.07) is 3.16. The Balaban J connectivity index is 2.99. The third-order valence-corrected chi connectivity index (χ3v) is 2.38. The van der Waals surface area contributed by atoms with Crippen LogP contribution in [0.25, 0.3) is 0 Å². The molecule has 1 aromatic heterocycles. The number of carboxylic acid groups (broad SMARTS) is 1. The first-order valence-corrected chi connectivity index (χ1v) is 3.81. The van der Waals surface area contributed by atoms with Gasteiger partial charge in [-0.2, -0.15) is 0 Å². The highest BCUT2D eigenvalue weighted by Gasteiger charge is 2.06. The summed E-state index contributed by atoms with van der Waals surface area (Å²) in [5.41, 5.74) is 0.405. The van der Waals surface area contributed by atoms with Crippen molar-refractivity contribution < 1.29 is 9.90 Å². The van der Waals surface area contributed by atoms with Crippen LogP contribution in [0.3, 0.4) is 0 Å².